The largest absolute Gasteiger partial charge is 0.481 e. The minimum atomic E-state index is 0.469. The lowest BCUT2D eigenvalue weighted by Gasteiger charge is -2.17. The monoisotopic (exact) mass is 207 g/mol. The van der Waals surface area contributed by atoms with Crippen molar-refractivity contribution in [2.75, 3.05) is 20.2 Å². The fourth-order valence-electron chi connectivity index (χ4n) is 2.06. The third-order valence-corrected chi connectivity index (χ3v) is 3.14. The minimum absolute atomic E-state index is 0.469. The van der Waals surface area contributed by atoms with E-state index in [2.05, 4.69) is 22.2 Å². The summed E-state index contributed by atoms with van der Waals surface area (Å²) in [5.74, 6) is 1.80. The van der Waals surface area contributed by atoms with Gasteiger partial charge in [-0.25, -0.2) is 9.97 Å². The van der Waals surface area contributed by atoms with Crippen LogP contribution in [0.3, 0.4) is 0 Å². The highest BCUT2D eigenvalue weighted by molar-refractivity contribution is 5.17. The number of hydrogen-bond acceptors (Lipinski definition) is 4. The van der Waals surface area contributed by atoms with Gasteiger partial charge in [0.2, 0.25) is 5.88 Å². The maximum Gasteiger partial charge on any atom is 0.216 e. The Balaban J connectivity index is 2.13. The molecule has 0 radical (unpaired) electrons. The maximum atomic E-state index is 5.10. The average molecular weight is 207 g/mol. The van der Waals surface area contributed by atoms with Crippen LogP contribution in [0.15, 0.2) is 12.4 Å². The normalized spacial score (nSPS) is 22.7. The summed E-state index contributed by atoms with van der Waals surface area (Å²) in [6, 6.07) is 1.93. The number of nitrogens with one attached hydrogen (secondary N) is 1. The van der Waals surface area contributed by atoms with E-state index in [9.17, 15) is 0 Å². The summed E-state index contributed by atoms with van der Waals surface area (Å²) in [5.41, 5.74) is 1.08. The van der Waals surface area contributed by atoms with Crippen LogP contribution in [-0.4, -0.2) is 30.2 Å². The predicted molar refractivity (Wildman–Crippen MR) is 58.0 cm³/mol. The molecule has 2 atom stereocenters. The molecule has 2 heterocycles. The summed E-state index contributed by atoms with van der Waals surface area (Å²) in [5, 5.41) is 3.38. The Morgan fingerprint density at radius 1 is 1.53 bits per heavy atom. The van der Waals surface area contributed by atoms with E-state index in [4.69, 9.17) is 4.74 Å². The van der Waals surface area contributed by atoms with E-state index in [0.29, 0.717) is 17.7 Å². The van der Waals surface area contributed by atoms with Crippen molar-refractivity contribution in [3.05, 3.63) is 18.1 Å². The quantitative estimate of drug-likeness (QED) is 0.809. The Hall–Kier alpha value is -1.16. The summed E-state index contributed by atoms with van der Waals surface area (Å²) in [6.07, 6.45) is 2.81. The van der Waals surface area contributed by atoms with Gasteiger partial charge in [-0.15, -0.1) is 0 Å². The van der Waals surface area contributed by atoms with Gasteiger partial charge in [-0.3, -0.25) is 0 Å². The van der Waals surface area contributed by atoms with Gasteiger partial charge in [0.1, 0.15) is 6.33 Å². The van der Waals surface area contributed by atoms with Crippen molar-refractivity contribution >= 4 is 0 Å². The zero-order chi connectivity index (χ0) is 10.7. The number of ether oxygens (including phenoxy) is 1. The van der Waals surface area contributed by atoms with Gasteiger partial charge in [-0.05, 0) is 25.4 Å². The van der Waals surface area contributed by atoms with Gasteiger partial charge in [-0.1, -0.05) is 6.92 Å². The molecule has 4 nitrogen and oxygen atoms in total. The van der Waals surface area contributed by atoms with E-state index >= 15 is 0 Å². The van der Waals surface area contributed by atoms with Crippen LogP contribution in [0.25, 0.3) is 0 Å². The van der Waals surface area contributed by atoms with Crippen molar-refractivity contribution in [1.82, 2.24) is 15.3 Å². The first kappa shape index (κ1) is 10.4. The van der Waals surface area contributed by atoms with E-state index in [0.717, 1.165) is 18.8 Å². The molecule has 1 N–H and O–H groups in total. The highest BCUT2D eigenvalue weighted by Crippen LogP contribution is 2.28. The van der Waals surface area contributed by atoms with E-state index in [1.54, 1.807) is 13.4 Å². The number of nitrogens with zero attached hydrogens (tertiary/aromatic N) is 2. The number of rotatable bonds is 3. The highest BCUT2D eigenvalue weighted by Gasteiger charge is 2.23. The average Bonchev–Trinajstić information content (AvgIpc) is 2.81. The fraction of sp³-hybridized carbons (Fsp3) is 0.636. The fourth-order valence-corrected chi connectivity index (χ4v) is 2.06. The van der Waals surface area contributed by atoms with Crippen LogP contribution in [-0.2, 0) is 0 Å². The first-order valence-electron chi connectivity index (χ1n) is 5.38. The molecule has 1 fully saturated rings. The molecule has 0 spiro atoms. The SMILES string of the molecule is COc1cc(C(C)C2CCNC2)ncn1. The van der Waals surface area contributed by atoms with Crippen molar-refractivity contribution in [3.8, 4) is 5.88 Å². The Bertz CT molecular complexity index is 323. The molecule has 1 aromatic rings. The van der Waals surface area contributed by atoms with Crippen LogP contribution in [0.5, 0.6) is 5.88 Å². The van der Waals surface area contributed by atoms with Gasteiger partial charge >= 0.3 is 0 Å². The van der Waals surface area contributed by atoms with Gasteiger partial charge in [0.05, 0.1) is 12.8 Å². The van der Waals surface area contributed by atoms with Crippen molar-refractivity contribution < 1.29 is 4.74 Å². The molecule has 15 heavy (non-hydrogen) atoms. The van der Waals surface area contributed by atoms with Crippen LogP contribution < -0.4 is 10.1 Å². The molecule has 1 aliphatic rings. The molecule has 1 aliphatic heterocycles. The molecule has 4 heteroatoms. The molecule has 2 unspecified atom stereocenters. The summed E-state index contributed by atoms with van der Waals surface area (Å²) in [4.78, 5) is 8.33. The smallest absolute Gasteiger partial charge is 0.216 e. The summed E-state index contributed by atoms with van der Waals surface area (Å²) >= 11 is 0. The first-order valence-corrected chi connectivity index (χ1v) is 5.38. The summed E-state index contributed by atoms with van der Waals surface area (Å²) in [7, 11) is 1.63. The minimum Gasteiger partial charge on any atom is -0.481 e. The predicted octanol–water partition coefficient (Wildman–Crippen LogP) is 1.20. The Morgan fingerprint density at radius 3 is 3.07 bits per heavy atom. The molecule has 1 aromatic heterocycles. The van der Waals surface area contributed by atoms with Gasteiger partial charge in [0.25, 0.3) is 0 Å². The molecule has 0 aliphatic carbocycles. The lowest BCUT2D eigenvalue weighted by atomic mass is 9.90. The Morgan fingerprint density at radius 2 is 2.40 bits per heavy atom. The molecule has 82 valence electrons. The topological polar surface area (TPSA) is 47.0 Å². The Labute approximate surface area is 90.1 Å². The van der Waals surface area contributed by atoms with Crippen LogP contribution >= 0.6 is 0 Å². The second kappa shape index (κ2) is 4.57. The third-order valence-electron chi connectivity index (χ3n) is 3.14. The lowest BCUT2D eigenvalue weighted by molar-refractivity contribution is 0.392. The number of aromatic nitrogens is 2. The summed E-state index contributed by atoms with van der Waals surface area (Å²) in [6.45, 7) is 4.43. The van der Waals surface area contributed by atoms with Gasteiger partial charge < -0.3 is 10.1 Å². The van der Waals surface area contributed by atoms with Crippen molar-refractivity contribution in [2.24, 2.45) is 5.92 Å². The van der Waals surface area contributed by atoms with E-state index < -0.39 is 0 Å². The summed E-state index contributed by atoms with van der Waals surface area (Å²) < 4.78 is 5.10. The molecule has 1 saturated heterocycles. The van der Waals surface area contributed by atoms with E-state index in [1.807, 2.05) is 6.07 Å². The third kappa shape index (κ3) is 2.26. The second-order valence-corrected chi connectivity index (χ2v) is 4.03. The Kier molecular flexibility index (Phi) is 3.16. The lowest BCUT2D eigenvalue weighted by Crippen LogP contribution is -2.15. The second-order valence-electron chi connectivity index (χ2n) is 4.03. The molecule has 0 aromatic carbocycles. The van der Waals surface area contributed by atoms with Crippen molar-refractivity contribution in [2.45, 2.75) is 19.3 Å². The molecule has 2 rings (SSSR count). The van der Waals surface area contributed by atoms with Crippen molar-refractivity contribution in [1.29, 1.82) is 0 Å². The van der Waals surface area contributed by atoms with E-state index in [-0.39, 0.29) is 0 Å². The number of methoxy groups -OCH3 is 1. The number of hydrogen-bond donors (Lipinski definition) is 1. The van der Waals surface area contributed by atoms with Gasteiger partial charge in [0, 0.05) is 12.0 Å². The van der Waals surface area contributed by atoms with Gasteiger partial charge in [-0.2, -0.15) is 0 Å². The molecular weight excluding hydrogens is 190 g/mol. The highest BCUT2D eigenvalue weighted by atomic mass is 16.5. The van der Waals surface area contributed by atoms with Gasteiger partial charge in [0.15, 0.2) is 0 Å². The zero-order valence-electron chi connectivity index (χ0n) is 9.23. The van der Waals surface area contributed by atoms with Crippen LogP contribution in [0, 0.1) is 5.92 Å². The molecule has 0 saturated carbocycles. The first-order chi connectivity index (χ1) is 7.31. The van der Waals surface area contributed by atoms with Crippen LogP contribution in [0.1, 0.15) is 25.0 Å². The van der Waals surface area contributed by atoms with Crippen molar-refractivity contribution in [3.63, 3.8) is 0 Å². The molecule has 0 bridgehead atoms. The van der Waals surface area contributed by atoms with Crippen LogP contribution in [0.4, 0.5) is 0 Å². The molecule has 0 amide bonds. The van der Waals surface area contributed by atoms with E-state index in [1.165, 1.54) is 6.42 Å². The standard InChI is InChI=1S/C11H17N3O/c1-8(9-3-4-12-6-9)10-5-11(15-2)14-7-13-10/h5,7-9,12H,3-4,6H2,1-2H3. The maximum absolute atomic E-state index is 5.10. The zero-order valence-corrected chi connectivity index (χ0v) is 9.23. The van der Waals surface area contributed by atoms with Crippen LogP contribution in [0.2, 0.25) is 0 Å². The molecular formula is C11H17N3O.